The Morgan fingerprint density at radius 1 is 1.50 bits per heavy atom. The van der Waals surface area contributed by atoms with E-state index in [0.29, 0.717) is 31.7 Å². The summed E-state index contributed by atoms with van der Waals surface area (Å²) in [5.41, 5.74) is 0.575. The van der Waals surface area contributed by atoms with Gasteiger partial charge in [0.1, 0.15) is 0 Å². The molecule has 1 aliphatic carbocycles. The van der Waals surface area contributed by atoms with Crippen LogP contribution in [0.3, 0.4) is 0 Å². The minimum absolute atomic E-state index is 0.000476. The molecule has 0 aromatic carbocycles. The van der Waals surface area contributed by atoms with E-state index in [1.807, 2.05) is 4.90 Å². The number of amides is 2. The van der Waals surface area contributed by atoms with Crippen molar-refractivity contribution in [1.82, 2.24) is 15.2 Å². The maximum absolute atomic E-state index is 12.3. The smallest absolute Gasteiger partial charge is 0.252 e. The lowest BCUT2D eigenvalue weighted by atomic mass is 9.74. The van der Waals surface area contributed by atoms with Crippen LogP contribution in [0.25, 0.3) is 0 Å². The number of aromatic nitrogens is 1. The SMILES string of the molecule is COCCN1C(=O)CC[C@]2(CNC(=O)c3cccnc3)CCC[C@@H]12. The number of hydrogen-bond acceptors (Lipinski definition) is 4. The third kappa shape index (κ3) is 3.29. The summed E-state index contributed by atoms with van der Waals surface area (Å²) < 4.78 is 5.16. The van der Waals surface area contributed by atoms with Crippen LogP contribution in [0, 0.1) is 5.41 Å². The topological polar surface area (TPSA) is 71.5 Å². The molecule has 1 aromatic rings. The first-order valence-electron chi connectivity index (χ1n) is 8.63. The van der Waals surface area contributed by atoms with E-state index in [1.165, 1.54) is 0 Å². The van der Waals surface area contributed by atoms with E-state index in [4.69, 9.17) is 4.74 Å². The molecule has 3 rings (SSSR count). The highest BCUT2D eigenvalue weighted by Crippen LogP contribution is 2.47. The van der Waals surface area contributed by atoms with Crippen LogP contribution in [0.1, 0.15) is 42.5 Å². The summed E-state index contributed by atoms with van der Waals surface area (Å²) in [6, 6.07) is 3.74. The summed E-state index contributed by atoms with van der Waals surface area (Å²) in [5.74, 6) is 0.122. The molecule has 0 radical (unpaired) electrons. The van der Waals surface area contributed by atoms with Gasteiger partial charge in [0.2, 0.25) is 5.91 Å². The zero-order valence-corrected chi connectivity index (χ0v) is 14.2. The Morgan fingerprint density at radius 2 is 2.38 bits per heavy atom. The summed E-state index contributed by atoms with van der Waals surface area (Å²) in [6.45, 7) is 1.81. The first-order chi connectivity index (χ1) is 11.7. The number of ether oxygens (including phenoxy) is 1. The van der Waals surface area contributed by atoms with Crippen molar-refractivity contribution in [3.05, 3.63) is 30.1 Å². The lowest BCUT2D eigenvalue weighted by Gasteiger charge is -2.46. The number of piperidine rings is 1. The molecule has 2 fully saturated rings. The average molecular weight is 331 g/mol. The largest absolute Gasteiger partial charge is 0.383 e. The molecule has 2 aliphatic rings. The van der Waals surface area contributed by atoms with Crippen LogP contribution in [0.15, 0.2) is 24.5 Å². The van der Waals surface area contributed by atoms with Crippen LogP contribution in [0.5, 0.6) is 0 Å². The number of methoxy groups -OCH3 is 1. The molecule has 1 saturated heterocycles. The van der Waals surface area contributed by atoms with Gasteiger partial charge in [0.25, 0.3) is 5.91 Å². The van der Waals surface area contributed by atoms with Gasteiger partial charge in [0.05, 0.1) is 12.2 Å². The van der Waals surface area contributed by atoms with Crippen LogP contribution in [0.4, 0.5) is 0 Å². The summed E-state index contributed by atoms with van der Waals surface area (Å²) in [6.07, 6.45) is 7.82. The number of rotatable bonds is 6. The molecule has 1 saturated carbocycles. The van der Waals surface area contributed by atoms with Crippen molar-refractivity contribution in [3.8, 4) is 0 Å². The first kappa shape index (κ1) is 16.9. The molecule has 24 heavy (non-hydrogen) atoms. The number of carbonyl (C=O) groups is 2. The van der Waals surface area contributed by atoms with Crippen LogP contribution in [-0.2, 0) is 9.53 Å². The molecule has 6 nitrogen and oxygen atoms in total. The second kappa shape index (κ2) is 7.30. The fraction of sp³-hybridized carbons (Fsp3) is 0.611. The molecule has 2 atom stereocenters. The first-order valence-corrected chi connectivity index (χ1v) is 8.63. The van der Waals surface area contributed by atoms with Gasteiger partial charge in [-0.3, -0.25) is 14.6 Å². The number of fused-ring (bicyclic) bond motifs is 1. The number of pyridine rings is 1. The van der Waals surface area contributed by atoms with E-state index >= 15 is 0 Å². The molecular formula is C18H25N3O3. The Hall–Kier alpha value is -1.95. The minimum Gasteiger partial charge on any atom is -0.383 e. The standard InChI is InChI=1S/C18H25N3O3/c1-24-11-10-21-15-5-2-7-18(15,8-6-16(21)22)13-20-17(23)14-4-3-9-19-12-14/h3-4,9,12,15H,2,5-8,10-11,13H2,1H3,(H,20,23)/t15-,18+/m1/s1. The lowest BCUT2D eigenvalue weighted by molar-refractivity contribution is -0.142. The molecule has 130 valence electrons. The van der Waals surface area contributed by atoms with E-state index in [0.717, 1.165) is 25.7 Å². The Bertz CT molecular complexity index is 592. The second-order valence-corrected chi connectivity index (χ2v) is 6.77. The molecule has 2 heterocycles. The Balaban J connectivity index is 1.68. The van der Waals surface area contributed by atoms with Crippen molar-refractivity contribution in [1.29, 1.82) is 0 Å². The van der Waals surface area contributed by atoms with E-state index in [2.05, 4.69) is 10.3 Å². The number of hydrogen-bond donors (Lipinski definition) is 1. The number of nitrogens with one attached hydrogen (secondary N) is 1. The third-order valence-electron chi connectivity index (χ3n) is 5.45. The third-order valence-corrected chi connectivity index (χ3v) is 5.45. The highest BCUT2D eigenvalue weighted by molar-refractivity contribution is 5.93. The van der Waals surface area contributed by atoms with Crippen molar-refractivity contribution in [3.63, 3.8) is 0 Å². The van der Waals surface area contributed by atoms with Gasteiger partial charge in [-0.1, -0.05) is 6.42 Å². The molecule has 2 amide bonds. The highest BCUT2D eigenvalue weighted by atomic mass is 16.5. The number of likely N-dealkylation sites (tertiary alicyclic amines) is 1. The summed E-state index contributed by atoms with van der Waals surface area (Å²) in [5, 5.41) is 3.07. The van der Waals surface area contributed by atoms with Crippen molar-refractivity contribution in [2.75, 3.05) is 26.8 Å². The van der Waals surface area contributed by atoms with E-state index in [1.54, 1.807) is 31.6 Å². The van der Waals surface area contributed by atoms with E-state index in [-0.39, 0.29) is 23.3 Å². The predicted octanol–water partition coefficient (Wildman–Crippen LogP) is 1.62. The van der Waals surface area contributed by atoms with Crippen LogP contribution >= 0.6 is 0 Å². The number of nitrogens with zero attached hydrogens (tertiary/aromatic N) is 2. The monoisotopic (exact) mass is 331 g/mol. The van der Waals surface area contributed by atoms with Gasteiger partial charge in [-0.25, -0.2) is 0 Å². The molecule has 1 aromatic heterocycles. The van der Waals surface area contributed by atoms with Gasteiger partial charge >= 0.3 is 0 Å². The zero-order valence-electron chi connectivity index (χ0n) is 14.2. The Morgan fingerprint density at radius 3 is 3.12 bits per heavy atom. The number of carbonyl (C=O) groups excluding carboxylic acids is 2. The van der Waals surface area contributed by atoms with Crippen molar-refractivity contribution >= 4 is 11.8 Å². The Labute approximate surface area is 142 Å². The maximum Gasteiger partial charge on any atom is 0.252 e. The zero-order chi connectivity index (χ0) is 17.0. The maximum atomic E-state index is 12.3. The van der Waals surface area contributed by atoms with Gasteiger partial charge in [0, 0.05) is 50.5 Å². The average Bonchev–Trinajstić information content (AvgIpc) is 3.04. The van der Waals surface area contributed by atoms with Crippen LogP contribution < -0.4 is 5.32 Å². The molecule has 1 N–H and O–H groups in total. The van der Waals surface area contributed by atoms with Gasteiger partial charge < -0.3 is 15.0 Å². The second-order valence-electron chi connectivity index (χ2n) is 6.77. The predicted molar refractivity (Wildman–Crippen MR) is 89.5 cm³/mol. The summed E-state index contributed by atoms with van der Waals surface area (Å²) in [7, 11) is 1.66. The lowest BCUT2D eigenvalue weighted by Crippen LogP contribution is -2.56. The molecule has 0 unspecified atom stereocenters. The fourth-order valence-corrected chi connectivity index (χ4v) is 4.19. The molecule has 1 aliphatic heterocycles. The highest BCUT2D eigenvalue weighted by Gasteiger charge is 2.50. The van der Waals surface area contributed by atoms with Crippen LogP contribution in [-0.4, -0.2) is 54.5 Å². The quantitative estimate of drug-likeness (QED) is 0.860. The Kier molecular flexibility index (Phi) is 5.14. The van der Waals surface area contributed by atoms with Crippen molar-refractivity contribution < 1.29 is 14.3 Å². The van der Waals surface area contributed by atoms with Gasteiger partial charge in [-0.15, -0.1) is 0 Å². The fourth-order valence-electron chi connectivity index (χ4n) is 4.19. The van der Waals surface area contributed by atoms with Crippen molar-refractivity contribution in [2.45, 2.75) is 38.1 Å². The van der Waals surface area contributed by atoms with E-state index < -0.39 is 0 Å². The molecular weight excluding hydrogens is 306 g/mol. The molecule has 0 spiro atoms. The van der Waals surface area contributed by atoms with Gasteiger partial charge in [-0.05, 0) is 31.4 Å². The normalized spacial score (nSPS) is 26.3. The van der Waals surface area contributed by atoms with Crippen molar-refractivity contribution in [2.24, 2.45) is 5.41 Å². The minimum atomic E-state index is -0.0940. The molecule has 6 heteroatoms. The van der Waals surface area contributed by atoms with Gasteiger partial charge in [-0.2, -0.15) is 0 Å². The van der Waals surface area contributed by atoms with Gasteiger partial charge in [0.15, 0.2) is 0 Å². The van der Waals surface area contributed by atoms with Crippen LogP contribution in [0.2, 0.25) is 0 Å². The molecule has 0 bridgehead atoms. The van der Waals surface area contributed by atoms with E-state index in [9.17, 15) is 9.59 Å². The summed E-state index contributed by atoms with van der Waals surface area (Å²) >= 11 is 0. The summed E-state index contributed by atoms with van der Waals surface area (Å²) in [4.78, 5) is 30.6.